The van der Waals surface area contributed by atoms with Crippen LogP contribution in [0.15, 0.2) is 29.3 Å². The van der Waals surface area contributed by atoms with E-state index >= 15 is 0 Å². The zero-order chi connectivity index (χ0) is 13.0. The lowest BCUT2D eigenvalue weighted by molar-refractivity contribution is 0.137. The SMILES string of the molecule is Cc1cccc(NC(N)=NCC2CCCC2O)c1.I. The van der Waals surface area contributed by atoms with Crippen LogP contribution in [-0.2, 0) is 0 Å². The Kier molecular flexibility index (Phi) is 6.57. The van der Waals surface area contributed by atoms with Crippen molar-refractivity contribution in [3.05, 3.63) is 29.8 Å². The van der Waals surface area contributed by atoms with Gasteiger partial charge in [-0.05, 0) is 37.5 Å². The van der Waals surface area contributed by atoms with E-state index in [1.165, 1.54) is 5.56 Å². The van der Waals surface area contributed by atoms with E-state index in [1.54, 1.807) is 0 Å². The summed E-state index contributed by atoms with van der Waals surface area (Å²) in [5.74, 6) is 0.683. The van der Waals surface area contributed by atoms with Crippen molar-refractivity contribution in [2.24, 2.45) is 16.6 Å². The van der Waals surface area contributed by atoms with Crippen molar-refractivity contribution in [1.82, 2.24) is 0 Å². The van der Waals surface area contributed by atoms with Crippen LogP contribution in [0.2, 0.25) is 0 Å². The molecule has 1 fully saturated rings. The Bertz CT molecular complexity index is 436. The molecule has 4 nitrogen and oxygen atoms in total. The minimum absolute atomic E-state index is 0. The van der Waals surface area contributed by atoms with E-state index in [9.17, 15) is 5.11 Å². The molecular formula is C14H22IN3O. The number of guanidine groups is 1. The van der Waals surface area contributed by atoms with Gasteiger partial charge in [-0.2, -0.15) is 0 Å². The molecule has 2 atom stereocenters. The fourth-order valence-electron chi connectivity index (χ4n) is 2.36. The molecule has 0 amide bonds. The molecule has 0 radical (unpaired) electrons. The first kappa shape index (κ1) is 16.2. The lowest BCUT2D eigenvalue weighted by Crippen LogP contribution is -2.25. The Labute approximate surface area is 131 Å². The van der Waals surface area contributed by atoms with Gasteiger partial charge in [0.15, 0.2) is 5.96 Å². The molecule has 0 aliphatic heterocycles. The molecular weight excluding hydrogens is 353 g/mol. The largest absolute Gasteiger partial charge is 0.393 e. The average Bonchev–Trinajstić information content (AvgIpc) is 2.72. The maximum Gasteiger partial charge on any atom is 0.193 e. The number of halogens is 1. The van der Waals surface area contributed by atoms with Crippen LogP contribution in [0.5, 0.6) is 0 Å². The first-order chi connectivity index (χ1) is 8.65. The molecule has 4 N–H and O–H groups in total. The third-order valence-corrected chi connectivity index (χ3v) is 3.41. The Balaban J connectivity index is 0.00000180. The monoisotopic (exact) mass is 375 g/mol. The summed E-state index contributed by atoms with van der Waals surface area (Å²) in [6, 6.07) is 7.99. The Morgan fingerprint density at radius 2 is 2.26 bits per heavy atom. The summed E-state index contributed by atoms with van der Waals surface area (Å²) in [5, 5.41) is 12.8. The number of hydrogen-bond donors (Lipinski definition) is 3. The number of nitrogens with two attached hydrogens (primary N) is 1. The maximum atomic E-state index is 9.70. The molecule has 1 aromatic carbocycles. The van der Waals surface area contributed by atoms with Crippen molar-refractivity contribution in [3.63, 3.8) is 0 Å². The fourth-order valence-corrected chi connectivity index (χ4v) is 2.36. The number of benzene rings is 1. The van der Waals surface area contributed by atoms with Gasteiger partial charge in [-0.15, -0.1) is 24.0 Å². The van der Waals surface area contributed by atoms with Gasteiger partial charge in [0.2, 0.25) is 0 Å². The highest BCUT2D eigenvalue weighted by molar-refractivity contribution is 14.0. The average molecular weight is 375 g/mol. The molecule has 0 spiro atoms. The van der Waals surface area contributed by atoms with Crippen molar-refractivity contribution < 1.29 is 5.11 Å². The van der Waals surface area contributed by atoms with Gasteiger partial charge in [0.25, 0.3) is 0 Å². The predicted octanol–water partition coefficient (Wildman–Crippen LogP) is 2.50. The van der Waals surface area contributed by atoms with Gasteiger partial charge in [-0.1, -0.05) is 18.6 Å². The zero-order valence-corrected chi connectivity index (χ0v) is 13.5. The molecule has 0 aromatic heterocycles. The van der Waals surface area contributed by atoms with Crippen LogP contribution < -0.4 is 11.1 Å². The molecule has 2 rings (SSSR count). The number of anilines is 1. The molecule has 2 unspecified atom stereocenters. The highest BCUT2D eigenvalue weighted by atomic mass is 127. The normalized spacial score (nSPS) is 22.9. The number of nitrogens with one attached hydrogen (secondary N) is 1. The zero-order valence-electron chi connectivity index (χ0n) is 11.2. The minimum Gasteiger partial charge on any atom is -0.393 e. The summed E-state index contributed by atoms with van der Waals surface area (Å²) in [6.45, 7) is 2.64. The van der Waals surface area contributed by atoms with Gasteiger partial charge >= 0.3 is 0 Å². The third-order valence-electron chi connectivity index (χ3n) is 3.41. The van der Waals surface area contributed by atoms with Crippen LogP contribution in [0.25, 0.3) is 0 Å². The van der Waals surface area contributed by atoms with E-state index < -0.39 is 0 Å². The lowest BCUT2D eigenvalue weighted by atomic mass is 10.1. The van der Waals surface area contributed by atoms with Crippen LogP contribution in [0.3, 0.4) is 0 Å². The number of rotatable bonds is 3. The van der Waals surface area contributed by atoms with Crippen LogP contribution >= 0.6 is 24.0 Å². The number of aliphatic imine (C=N–C) groups is 1. The van der Waals surface area contributed by atoms with Gasteiger partial charge < -0.3 is 16.2 Å². The summed E-state index contributed by atoms with van der Waals surface area (Å²) < 4.78 is 0. The van der Waals surface area contributed by atoms with Crippen molar-refractivity contribution in [1.29, 1.82) is 0 Å². The standard InChI is InChI=1S/C14H21N3O.HI/c1-10-4-2-6-12(8-10)17-14(15)16-9-11-5-3-7-13(11)18;/h2,4,6,8,11,13,18H,3,5,7,9H2,1H3,(H3,15,16,17);1H. The minimum atomic E-state index is -0.208. The van der Waals surface area contributed by atoms with E-state index in [0.717, 1.165) is 24.9 Å². The van der Waals surface area contributed by atoms with E-state index in [1.807, 2.05) is 31.2 Å². The Morgan fingerprint density at radius 3 is 2.89 bits per heavy atom. The summed E-state index contributed by atoms with van der Waals surface area (Å²) in [7, 11) is 0. The van der Waals surface area contributed by atoms with Gasteiger partial charge in [-0.25, -0.2) is 0 Å². The molecule has 5 heteroatoms. The van der Waals surface area contributed by atoms with E-state index in [0.29, 0.717) is 12.5 Å². The third kappa shape index (κ3) is 4.99. The fraction of sp³-hybridized carbons (Fsp3) is 0.500. The van der Waals surface area contributed by atoms with Gasteiger partial charge in [0.1, 0.15) is 0 Å². The van der Waals surface area contributed by atoms with Gasteiger partial charge in [0.05, 0.1) is 6.10 Å². The number of hydrogen-bond acceptors (Lipinski definition) is 2. The quantitative estimate of drug-likeness (QED) is 0.432. The van der Waals surface area contributed by atoms with Crippen LogP contribution in [0.1, 0.15) is 24.8 Å². The van der Waals surface area contributed by atoms with E-state index in [2.05, 4.69) is 10.3 Å². The molecule has 1 saturated carbocycles. The molecule has 1 aromatic rings. The molecule has 0 heterocycles. The van der Waals surface area contributed by atoms with Crippen molar-refractivity contribution in [2.45, 2.75) is 32.3 Å². The Morgan fingerprint density at radius 1 is 1.47 bits per heavy atom. The lowest BCUT2D eigenvalue weighted by Gasteiger charge is -2.12. The molecule has 0 bridgehead atoms. The highest BCUT2D eigenvalue weighted by Crippen LogP contribution is 2.25. The first-order valence-corrected chi connectivity index (χ1v) is 6.47. The molecule has 106 valence electrons. The maximum absolute atomic E-state index is 9.70. The van der Waals surface area contributed by atoms with Crippen LogP contribution in [0, 0.1) is 12.8 Å². The van der Waals surface area contributed by atoms with Crippen molar-refractivity contribution in [3.8, 4) is 0 Å². The second-order valence-electron chi connectivity index (χ2n) is 4.98. The molecule has 19 heavy (non-hydrogen) atoms. The number of aliphatic hydroxyl groups excluding tert-OH is 1. The van der Waals surface area contributed by atoms with E-state index in [-0.39, 0.29) is 36.0 Å². The summed E-state index contributed by atoms with van der Waals surface area (Å²) in [4.78, 5) is 4.30. The number of aryl methyl sites for hydroxylation is 1. The molecule has 0 saturated heterocycles. The second kappa shape index (κ2) is 7.69. The number of aliphatic hydroxyl groups is 1. The van der Waals surface area contributed by atoms with Crippen molar-refractivity contribution in [2.75, 3.05) is 11.9 Å². The van der Waals surface area contributed by atoms with Gasteiger partial charge in [0, 0.05) is 18.2 Å². The highest BCUT2D eigenvalue weighted by Gasteiger charge is 2.24. The number of nitrogens with zero attached hydrogens (tertiary/aromatic N) is 1. The predicted molar refractivity (Wildman–Crippen MR) is 90.1 cm³/mol. The van der Waals surface area contributed by atoms with Crippen LogP contribution in [-0.4, -0.2) is 23.7 Å². The van der Waals surface area contributed by atoms with Crippen molar-refractivity contribution >= 4 is 35.6 Å². The molecule has 1 aliphatic rings. The smallest absolute Gasteiger partial charge is 0.193 e. The van der Waals surface area contributed by atoms with E-state index in [4.69, 9.17) is 5.73 Å². The topological polar surface area (TPSA) is 70.6 Å². The summed E-state index contributed by atoms with van der Waals surface area (Å²) >= 11 is 0. The second-order valence-corrected chi connectivity index (χ2v) is 4.98. The summed E-state index contributed by atoms with van der Waals surface area (Å²) in [6.07, 6.45) is 2.82. The van der Waals surface area contributed by atoms with Crippen LogP contribution in [0.4, 0.5) is 5.69 Å². The van der Waals surface area contributed by atoms with Gasteiger partial charge in [-0.3, -0.25) is 4.99 Å². The first-order valence-electron chi connectivity index (χ1n) is 6.47. The Hall–Kier alpha value is -0.820. The summed E-state index contributed by atoms with van der Waals surface area (Å²) in [5.41, 5.74) is 7.96. The molecule has 1 aliphatic carbocycles.